The van der Waals surface area contributed by atoms with E-state index < -0.39 is 24.3 Å². The lowest BCUT2D eigenvalue weighted by molar-refractivity contribution is -0.193. The molecule has 0 aliphatic carbocycles. The SMILES string of the molecule is CNC(=O)[C@H]1C[C@@H]2CN(Cc3cccc(C#N)c3)C[C@@H]2N1C.O=C(O)C(F)(F)F.O=C(O)C(F)(F)F. The van der Waals surface area contributed by atoms with Gasteiger partial charge in [-0.1, -0.05) is 12.1 Å². The van der Waals surface area contributed by atoms with Gasteiger partial charge in [-0.15, -0.1) is 0 Å². The summed E-state index contributed by atoms with van der Waals surface area (Å²) in [7, 11) is 3.77. The van der Waals surface area contributed by atoms with Crippen molar-refractivity contribution in [3.8, 4) is 6.07 Å². The number of halogens is 6. The molecule has 3 N–H and O–H groups in total. The van der Waals surface area contributed by atoms with Gasteiger partial charge in [0.1, 0.15) is 0 Å². The van der Waals surface area contributed by atoms with E-state index in [9.17, 15) is 31.1 Å². The molecule has 0 aromatic heterocycles. The first-order valence-electron chi connectivity index (χ1n) is 10.3. The molecule has 200 valence electrons. The Morgan fingerprint density at radius 3 is 2.03 bits per heavy atom. The molecule has 0 unspecified atom stereocenters. The first-order chi connectivity index (χ1) is 16.5. The maximum absolute atomic E-state index is 11.9. The number of benzene rings is 1. The second-order valence-electron chi connectivity index (χ2n) is 7.97. The lowest BCUT2D eigenvalue weighted by atomic mass is 10.0. The fraction of sp³-hybridized carbons (Fsp3) is 0.524. The Labute approximate surface area is 201 Å². The summed E-state index contributed by atoms with van der Waals surface area (Å²) in [4.78, 5) is 34.4. The summed E-state index contributed by atoms with van der Waals surface area (Å²) >= 11 is 0. The lowest BCUT2D eigenvalue weighted by Gasteiger charge is -2.25. The first kappa shape index (κ1) is 30.7. The minimum absolute atomic E-state index is 0.0177. The summed E-state index contributed by atoms with van der Waals surface area (Å²) < 4.78 is 63.5. The highest BCUT2D eigenvalue weighted by molar-refractivity contribution is 5.81. The summed E-state index contributed by atoms with van der Waals surface area (Å²) in [5.41, 5.74) is 1.90. The van der Waals surface area contributed by atoms with Crippen LogP contribution in [0.4, 0.5) is 26.3 Å². The summed E-state index contributed by atoms with van der Waals surface area (Å²) in [6.45, 7) is 2.89. The van der Waals surface area contributed by atoms with Gasteiger partial charge in [0.2, 0.25) is 5.91 Å². The number of nitrogens with one attached hydrogen (secondary N) is 1. The molecule has 2 fully saturated rings. The van der Waals surface area contributed by atoms with Gasteiger partial charge in [0, 0.05) is 32.7 Å². The average molecular weight is 526 g/mol. The van der Waals surface area contributed by atoms with Crippen LogP contribution in [0.3, 0.4) is 0 Å². The van der Waals surface area contributed by atoms with E-state index in [2.05, 4.69) is 34.3 Å². The first-order valence-corrected chi connectivity index (χ1v) is 10.3. The van der Waals surface area contributed by atoms with Crippen LogP contribution in [0.25, 0.3) is 0 Å². The zero-order chi connectivity index (χ0) is 27.8. The molecule has 0 radical (unpaired) electrons. The number of amides is 1. The number of hydrogen-bond acceptors (Lipinski definition) is 6. The highest BCUT2D eigenvalue weighted by atomic mass is 19.4. The van der Waals surface area contributed by atoms with Crippen molar-refractivity contribution in [3.63, 3.8) is 0 Å². The Balaban J connectivity index is 0.000000383. The predicted molar refractivity (Wildman–Crippen MR) is 111 cm³/mol. The van der Waals surface area contributed by atoms with Crippen LogP contribution in [-0.4, -0.2) is 89.5 Å². The largest absolute Gasteiger partial charge is 0.490 e. The highest BCUT2D eigenvalue weighted by Crippen LogP contribution is 2.35. The van der Waals surface area contributed by atoms with Gasteiger partial charge in [-0.3, -0.25) is 14.6 Å². The number of aliphatic carboxylic acids is 2. The topological polar surface area (TPSA) is 134 Å². The molecule has 2 heterocycles. The Morgan fingerprint density at radius 2 is 1.61 bits per heavy atom. The third-order valence-electron chi connectivity index (χ3n) is 5.52. The number of hydrogen-bond donors (Lipinski definition) is 3. The number of fused-ring (bicyclic) bond motifs is 1. The van der Waals surface area contributed by atoms with E-state index in [1.807, 2.05) is 18.2 Å². The third kappa shape index (κ3) is 9.00. The van der Waals surface area contributed by atoms with Crippen molar-refractivity contribution < 1.29 is 50.9 Å². The molecule has 2 aliphatic heterocycles. The molecule has 2 saturated heterocycles. The Kier molecular flexibility index (Phi) is 10.7. The molecule has 0 bridgehead atoms. The fourth-order valence-corrected chi connectivity index (χ4v) is 3.90. The molecule has 1 aromatic rings. The van der Waals surface area contributed by atoms with Gasteiger partial charge >= 0.3 is 24.3 Å². The number of carbonyl (C=O) groups is 3. The molecule has 3 atom stereocenters. The maximum Gasteiger partial charge on any atom is 0.490 e. The van der Waals surface area contributed by atoms with Crippen LogP contribution in [0, 0.1) is 17.2 Å². The standard InChI is InChI=1S/C17H22N4O.2C2HF3O2/c1-19-17(22)15-7-14-10-21(11-16(14)20(15)2)9-13-5-3-4-12(6-13)8-18;2*3-2(4,5)1(6)7/h3-6,14-16H,7,9-11H2,1-2H3,(H,19,22);2*(H,6,7)/t14-,15-,16+;;/m1../s1. The molecule has 2 aliphatic rings. The third-order valence-corrected chi connectivity index (χ3v) is 5.52. The maximum atomic E-state index is 11.9. The summed E-state index contributed by atoms with van der Waals surface area (Å²) in [6, 6.07) is 10.5. The van der Waals surface area contributed by atoms with Gasteiger partial charge in [0.25, 0.3) is 0 Å². The molecule has 0 saturated carbocycles. The number of carbonyl (C=O) groups excluding carboxylic acids is 1. The highest BCUT2D eigenvalue weighted by Gasteiger charge is 2.46. The summed E-state index contributed by atoms with van der Waals surface area (Å²) in [6.07, 6.45) is -9.23. The average Bonchev–Trinajstić information content (AvgIpc) is 3.31. The minimum atomic E-state index is -5.08. The fourth-order valence-electron chi connectivity index (χ4n) is 3.90. The number of carboxylic acids is 2. The van der Waals surface area contributed by atoms with Crippen LogP contribution < -0.4 is 5.32 Å². The van der Waals surface area contributed by atoms with Gasteiger partial charge in [0.15, 0.2) is 0 Å². The van der Waals surface area contributed by atoms with E-state index in [4.69, 9.17) is 25.1 Å². The Hall–Kier alpha value is -3.38. The number of rotatable bonds is 3. The van der Waals surface area contributed by atoms with E-state index in [0.29, 0.717) is 17.5 Å². The van der Waals surface area contributed by atoms with Crippen molar-refractivity contribution >= 4 is 17.8 Å². The smallest absolute Gasteiger partial charge is 0.475 e. The van der Waals surface area contributed by atoms with Gasteiger partial charge in [-0.2, -0.15) is 31.6 Å². The molecule has 36 heavy (non-hydrogen) atoms. The molecule has 3 rings (SSSR count). The van der Waals surface area contributed by atoms with E-state index in [1.165, 1.54) is 5.56 Å². The number of alkyl halides is 6. The molecule has 0 spiro atoms. The quantitative estimate of drug-likeness (QED) is 0.510. The van der Waals surface area contributed by atoms with Crippen LogP contribution >= 0.6 is 0 Å². The van der Waals surface area contributed by atoms with E-state index >= 15 is 0 Å². The van der Waals surface area contributed by atoms with Crippen molar-refractivity contribution in [3.05, 3.63) is 35.4 Å². The second kappa shape index (κ2) is 12.5. The van der Waals surface area contributed by atoms with Crippen molar-refractivity contribution in [1.82, 2.24) is 15.1 Å². The van der Waals surface area contributed by atoms with Gasteiger partial charge in [-0.25, -0.2) is 9.59 Å². The van der Waals surface area contributed by atoms with E-state index in [-0.39, 0.29) is 11.9 Å². The van der Waals surface area contributed by atoms with Crippen LogP contribution in [0.15, 0.2) is 24.3 Å². The molecule has 9 nitrogen and oxygen atoms in total. The number of nitriles is 1. The van der Waals surface area contributed by atoms with E-state index in [0.717, 1.165) is 26.1 Å². The number of likely N-dealkylation sites (N-methyl/N-ethyl adjacent to an activating group) is 2. The van der Waals surface area contributed by atoms with Crippen LogP contribution in [0.2, 0.25) is 0 Å². The zero-order valence-corrected chi connectivity index (χ0v) is 19.1. The Morgan fingerprint density at radius 1 is 1.08 bits per heavy atom. The minimum Gasteiger partial charge on any atom is -0.475 e. The van der Waals surface area contributed by atoms with Crippen LogP contribution in [-0.2, 0) is 20.9 Å². The number of carboxylic acid groups (broad SMARTS) is 2. The monoisotopic (exact) mass is 526 g/mol. The Bertz CT molecular complexity index is 955. The van der Waals surface area contributed by atoms with Crippen LogP contribution in [0.1, 0.15) is 17.5 Å². The summed E-state index contributed by atoms with van der Waals surface area (Å²) in [5.74, 6) is -4.82. The van der Waals surface area contributed by atoms with Crippen molar-refractivity contribution in [1.29, 1.82) is 5.26 Å². The molecule has 1 amide bonds. The molecular weight excluding hydrogens is 502 g/mol. The van der Waals surface area contributed by atoms with Crippen LogP contribution in [0.5, 0.6) is 0 Å². The predicted octanol–water partition coefficient (Wildman–Crippen LogP) is 2.08. The van der Waals surface area contributed by atoms with Crippen molar-refractivity contribution in [2.45, 2.75) is 37.4 Å². The second-order valence-corrected chi connectivity index (χ2v) is 7.97. The van der Waals surface area contributed by atoms with Crippen molar-refractivity contribution in [2.75, 3.05) is 27.2 Å². The molecule has 1 aromatic carbocycles. The van der Waals surface area contributed by atoms with Gasteiger partial charge in [-0.05, 0) is 37.1 Å². The van der Waals surface area contributed by atoms with Crippen molar-refractivity contribution in [2.24, 2.45) is 5.92 Å². The molecule has 15 heteroatoms. The van der Waals surface area contributed by atoms with Gasteiger partial charge in [0.05, 0.1) is 17.7 Å². The molecular formula is C21H24F6N4O5. The summed E-state index contributed by atoms with van der Waals surface area (Å²) in [5, 5.41) is 26.0. The number of nitrogens with zero attached hydrogens (tertiary/aromatic N) is 3. The normalized spacial score (nSPS) is 21.7. The van der Waals surface area contributed by atoms with E-state index in [1.54, 1.807) is 7.05 Å². The number of likely N-dealkylation sites (tertiary alicyclic amines) is 2. The lowest BCUT2D eigenvalue weighted by Crippen LogP contribution is -2.44. The zero-order valence-electron chi connectivity index (χ0n) is 19.1. The van der Waals surface area contributed by atoms with Gasteiger partial charge < -0.3 is 15.5 Å².